The van der Waals surface area contributed by atoms with Gasteiger partial charge in [0.05, 0.1) is 25.3 Å². The Hall–Kier alpha value is -2.24. The standard InChI is InChI=1S/C22H23NO3S/c1-27-21-9-7-17(8-10-21)18-11-19-14-25-15-20(12-18)23(19)22(24)26-13-16-5-3-2-4-6-16/h2-11,19-20H,12-15H2,1H3. The molecule has 1 amide bonds. The fourth-order valence-corrected chi connectivity index (χ4v) is 4.10. The molecule has 4 rings (SSSR count). The lowest BCUT2D eigenvalue weighted by Gasteiger charge is -2.43. The summed E-state index contributed by atoms with van der Waals surface area (Å²) in [7, 11) is 0. The summed E-state index contributed by atoms with van der Waals surface area (Å²) >= 11 is 1.74. The summed E-state index contributed by atoms with van der Waals surface area (Å²) < 4.78 is 11.3. The van der Waals surface area contributed by atoms with Gasteiger partial charge in [-0.15, -0.1) is 11.8 Å². The molecule has 140 valence electrons. The smallest absolute Gasteiger partial charge is 0.411 e. The molecule has 2 atom stereocenters. The molecule has 0 N–H and O–H groups in total. The van der Waals surface area contributed by atoms with E-state index in [0.717, 1.165) is 12.0 Å². The first-order valence-corrected chi connectivity index (χ1v) is 10.4. The van der Waals surface area contributed by atoms with Crippen LogP contribution in [-0.4, -0.2) is 42.5 Å². The van der Waals surface area contributed by atoms with Gasteiger partial charge in [0.1, 0.15) is 6.61 Å². The van der Waals surface area contributed by atoms with Crippen LogP contribution in [0.15, 0.2) is 65.6 Å². The Labute approximate surface area is 164 Å². The van der Waals surface area contributed by atoms with Crippen molar-refractivity contribution in [2.24, 2.45) is 0 Å². The van der Waals surface area contributed by atoms with Crippen LogP contribution in [0.2, 0.25) is 0 Å². The predicted octanol–water partition coefficient (Wildman–Crippen LogP) is 4.60. The molecule has 0 spiro atoms. The van der Waals surface area contributed by atoms with E-state index < -0.39 is 0 Å². The monoisotopic (exact) mass is 381 g/mol. The van der Waals surface area contributed by atoms with Crippen LogP contribution in [0, 0.1) is 0 Å². The van der Waals surface area contributed by atoms with E-state index in [9.17, 15) is 4.79 Å². The van der Waals surface area contributed by atoms with E-state index in [0.29, 0.717) is 19.8 Å². The molecule has 0 aliphatic carbocycles. The van der Waals surface area contributed by atoms with Crippen molar-refractivity contribution in [3.8, 4) is 0 Å². The number of fused-ring (bicyclic) bond motifs is 2. The minimum absolute atomic E-state index is 0.0206. The maximum atomic E-state index is 12.7. The molecule has 1 fully saturated rings. The van der Waals surface area contributed by atoms with Gasteiger partial charge < -0.3 is 9.47 Å². The second kappa shape index (κ2) is 8.19. The Bertz CT molecular complexity index is 819. The van der Waals surface area contributed by atoms with Crippen LogP contribution in [0.25, 0.3) is 5.57 Å². The Morgan fingerprint density at radius 1 is 1.15 bits per heavy atom. The van der Waals surface area contributed by atoms with Gasteiger partial charge in [0.25, 0.3) is 0 Å². The molecule has 0 radical (unpaired) electrons. The van der Waals surface area contributed by atoms with Gasteiger partial charge in [-0.1, -0.05) is 48.5 Å². The summed E-state index contributed by atoms with van der Waals surface area (Å²) in [6.45, 7) is 1.36. The summed E-state index contributed by atoms with van der Waals surface area (Å²) in [6, 6.07) is 18.3. The van der Waals surface area contributed by atoms with Crippen LogP contribution in [0.4, 0.5) is 4.79 Å². The Morgan fingerprint density at radius 3 is 2.63 bits per heavy atom. The molecule has 2 aliphatic rings. The van der Waals surface area contributed by atoms with Crippen molar-refractivity contribution in [2.75, 3.05) is 19.5 Å². The highest BCUT2D eigenvalue weighted by Crippen LogP contribution is 2.33. The number of hydrogen-bond donors (Lipinski definition) is 0. The van der Waals surface area contributed by atoms with Crippen LogP contribution in [0.5, 0.6) is 0 Å². The van der Waals surface area contributed by atoms with Crippen LogP contribution in [0.3, 0.4) is 0 Å². The average molecular weight is 381 g/mol. The number of ether oxygens (including phenoxy) is 2. The molecule has 1 saturated heterocycles. The summed E-state index contributed by atoms with van der Waals surface area (Å²) in [4.78, 5) is 15.8. The molecule has 2 aromatic rings. The molecular weight excluding hydrogens is 358 g/mol. The number of carbonyl (C=O) groups excluding carboxylic acids is 1. The van der Waals surface area contributed by atoms with Crippen molar-refractivity contribution in [3.05, 3.63) is 71.8 Å². The lowest BCUT2D eigenvalue weighted by Crippen LogP contribution is -2.56. The third-order valence-corrected chi connectivity index (χ3v) is 5.82. The maximum Gasteiger partial charge on any atom is 0.411 e. The van der Waals surface area contributed by atoms with Crippen molar-refractivity contribution >= 4 is 23.4 Å². The number of thioether (sulfide) groups is 1. The van der Waals surface area contributed by atoms with Crippen molar-refractivity contribution in [1.29, 1.82) is 0 Å². The molecule has 0 saturated carbocycles. The molecule has 2 bridgehead atoms. The van der Waals surface area contributed by atoms with Gasteiger partial charge in [-0.05, 0) is 41.5 Å². The van der Waals surface area contributed by atoms with Crippen molar-refractivity contribution in [2.45, 2.75) is 30.0 Å². The summed E-state index contributed by atoms with van der Waals surface area (Å²) in [5.41, 5.74) is 3.50. The third kappa shape index (κ3) is 4.04. The lowest BCUT2D eigenvalue weighted by atomic mass is 9.90. The molecule has 2 heterocycles. The number of hydrogen-bond acceptors (Lipinski definition) is 4. The lowest BCUT2D eigenvalue weighted by molar-refractivity contribution is -0.0342. The number of carbonyl (C=O) groups is 1. The van der Waals surface area contributed by atoms with Gasteiger partial charge in [-0.3, -0.25) is 4.90 Å². The van der Waals surface area contributed by atoms with Gasteiger partial charge in [-0.2, -0.15) is 0 Å². The normalized spacial score (nSPS) is 21.5. The van der Waals surface area contributed by atoms with Crippen LogP contribution < -0.4 is 0 Å². The van der Waals surface area contributed by atoms with Crippen molar-refractivity contribution < 1.29 is 14.3 Å². The van der Waals surface area contributed by atoms with Gasteiger partial charge in [0.2, 0.25) is 0 Å². The molecule has 27 heavy (non-hydrogen) atoms. The molecule has 0 aromatic heterocycles. The summed E-state index contributed by atoms with van der Waals surface area (Å²) in [6.07, 6.45) is 4.77. The number of nitrogens with zero attached hydrogens (tertiary/aromatic N) is 1. The fourth-order valence-electron chi connectivity index (χ4n) is 3.69. The molecular formula is C22H23NO3S. The van der Waals surface area contributed by atoms with Crippen molar-refractivity contribution in [3.63, 3.8) is 0 Å². The molecule has 2 aliphatic heterocycles. The van der Waals surface area contributed by atoms with E-state index in [4.69, 9.17) is 9.47 Å². The quantitative estimate of drug-likeness (QED) is 0.726. The van der Waals surface area contributed by atoms with E-state index in [2.05, 4.69) is 36.6 Å². The zero-order valence-corrected chi connectivity index (χ0v) is 16.2. The Morgan fingerprint density at radius 2 is 1.93 bits per heavy atom. The number of morpholine rings is 1. The van der Waals surface area contributed by atoms with Gasteiger partial charge in [-0.25, -0.2) is 4.79 Å². The SMILES string of the molecule is CSc1ccc(C2=CC3COCC(C2)N3C(=O)OCc2ccccc2)cc1. The number of rotatable bonds is 4. The van der Waals surface area contributed by atoms with E-state index in [1.54, 1.807) is 11.8 Å². The number of amides is 1. The van der Waals surface area contributed by atoms with Crippen LogP contribution in [-0.2, 0) is 16.1 Å². The molecule has 2 aromatic carbocycles. The molecule has 5 heteroatoms. The first-order chi connectivity index (χ1) is 13.2. The highest BCUT2D eigenvalue weighted by atomic mass is 32.2. The predicted molar refractivity (Wildman–Crippen MR) is 108 cm³/mol. The second-order valence-corrected chi connectivity index (χ2v) is 7.71. The van der Waals surface area contributed by atoms with Gasteiger partial charge >= 0.3 is 6.09 Å². The summed E-state index contributed by atoms with van der Waals surface area (Å²) in [5, 5.41) is 0. The minimum atomic E-state index is -0.259. The third-order valence-electron chi connectivity index (χ3n) is 5.08. The highest BCUT2D eigenvalue weighted by molar-refractivity contribution is 7.98. The Balaban J connectivity index is 1.48. The zero-order chi connectivity index (χ0) is 18.6. The molecule has 4 nitrogen and oxygen atoms in total. The first kappa shape index (κ1) is 18.1. The molecule has 2 unspecified atom stereocenters. The Kier molecular flexibility index (Phi) is 5.50. The van der Waals surface area contributed by atoms with Gasteiger partial charge in [0.15, 0.2) is 0 Å². The van der Waals surface area contributed by atoms with E-state index in [1.165, 1.54) is 16.0 Å². The van der Waals surface area contributed by atoms with E-state index in [-0.39, 0.29) is 18.2 Å². The fraction of sp³-hybridized carbons (Fsp3) is 0.318. The maximum absolute atomic E-state index is 12.7. The number of benzene rings is 2. The van der Waals surface area contributed by atoms with E-state index in [1.807, 2.05) is 35.2 Å². The summed E-state index contributed by atoms with van der Waals surface area (Å²) in [5.74, 6) is 0. The first-order valence-electron chi connectivity index (χ1n) is 9.16. The minimum Gasteiger partial charge on any atom is -0.445 e. The van der Waals surface area contributed by atoms with Crippen LogP contribution in [0.1, 0.15) is 17.5 Å². The van der Waals surface area contributed by atoms with Crippen molar-refractivity contribution in [1.82, 2.24) is 4.90 Å². The topological polar surface area (TPSA) is 38.8 Å². The van der Waals surface area contributed by atoms with Crippen LogP contribution >= 0.6 is 11.8 Å². The largest absolute Gasteiger partial charge is 0.445 e. The second-order valence-electron chi connectivity index (χ2n) is 6.83. The zero-order valence-electron chi connectivity index (χ0n) is 15.3. The highest BCUT2D eigenvalue weighted by Gasteiger charge is 2.39. The van der Waals surface area contributed by atoms with Gasteiger partial charge in [0, 0.05) is 4.90 Å². The average Bonchev–Trinajstić information content (AvgIpc) is 2.72. The van der Waals surface area contributed by atoms with E-state index >= 15 is 0 Å².